The molecule has 0 saturated carbocycles. The molecule has 0 unspecified atom stereocenters. The van der Waals surface area contributed by atoms with Gasteiger partial charge in [-0.25, -0.2) is 0 Å². The molecule has 0 spiro atoms. The summed E-state index contributed by atoms with van der Waals surface area (Å²) in [5.74, 6) is 2.04. The van der Waals surface area contributed by atoms with Crippen molar-refractivity contribution in [2.24, 2.45) is 7.05 Å². The van der Waals surface area contributed by atoms with Gasteiger partial charge in [0.15, 0.2) is 5.82 Å². The maximum Gasteiger partial charge on any atom is 0.276 e. The van der Waals surface area contributed by atoms with Crippen molar-refractivity contribution in [1.29, 1.82) is 0 Å². The van der Waals surface area contributed by atoms with Crippen LogP contribution in [-0.4, -0.2) is 26.2 Å². The molecule has 0 atom stereocenters. The minimum absolute atomic E-state index is 0.548. The Morgan fingerprint density at radius 3 is 3.00 bits per heavy atom. The predicted octanol–water partition coefficient (Wildman–Crippen LogP) is 2.29. The smallest absolute Gasteiger partial charge is 0.276 e. The van der Waals surface area contributed by atoms with Crippen molar-refractivity contribution in [3.05, 3.63) is 17.6 Å². The number of hydrogen-bond donors (Lipinski definition) is 0. The summed E-state index contributed by atoms with van der Waals surface area (Å²) in [5.41, 5.74) is 1.95. The van der Waals surface area contributed by atoms with Gasteiger partial charge in [0, 0.05) is 7.05 Å². The van der Waals surface area contributed by atoms with E-state index in [1.807, 2.05) is 19.4 Å². The first-order valence-corrected chi connectivity index (χ1v) is 6.98. The number of hydrogen-bond acceptors (Lipinski definition) is 5. The summed E-state index contributed by atoms with van der Waals surface area (Å²) in [6, 6.07) is 2.01. The Balaban J connectivity index is 2.25. The Hall–Kier alpha value is -1.30. The average molecular weight is 252 g/mol. The summed E-state index contributed by atoms with van der Waals surface area (Å²) in [7, 11) is 1.90. The molecule has 2 aromatic rings. The van der Waals surface area contributed by atoms with Crippen LogP contribution in [0, 0.1) is 0 Å². The second-order valence-electron chi connectivity index (χ2n) is 3.84. The third-order valence-corrected chi connectivity index (χ3v) is 2.94. The Labute approximate surface area is 105 Å². The van der Waals surface area contributed by atoms with Gasteiger partial charge in [0.2, 0.25) is 0 Å². The third kappa shape index (κ3) is 2.69. The van der Waals surface area contributed by atoms with Crippen LogP contribution >= 0.6 is 11.8 Å². The van der Waals surface area contributed by atoms with Crippen molar-refractivity contribution in [1.82, 2.24) is 19.9 Å². The van der Waals surface area contributed by atoms with Crippen LogP contribution in [0.4, 0.5) is 0 Å². The van der Waals surface area contributed by atoms with Crippen molar-refractivity contribution in [3.63, 3.8) is 0 Å². The predicted molar refractivity (Wildman–Crippen MR) is 67.7 cm³/mol. The molecule has 0 fully saturated rings. The molecule has 2 rings (SSSR count). The van der Waals surface area contributed by atoms with E-state index in [4.69, 9.17) is 4.52 Å². The van der Waals surface area contributed by atoms with Crippen LogP contribution in [0.15, 0.2) is 10.6 Å². The SMILES string of the molecule is CCCc1cc(-c2nc(CSC)no2)n(C)n1. The minimum Gasteiger partial charge on any atom is -0.332 e. The van der Waals surface area contributed by atoms with E-state index in [2.05, 4.69) is 22.2 Å². The quantitative estimate of drug-likeness (QED) is 0.817. The number of aromatic nitrogens is 4. The fourth-order valence-corrected chi connectivity index (χ4v) is 2.03. The van der Waals surface area contributed by atoms with E-state index in [1.54, 1.807) is 16.4 Å². The molecule has 17 heavy (non-hydrogen) atoms. The zero-order valence-corrected chi connectivity index (χ0v) is 11.1. The first-order valence-electron chi connectivity index (χ1n) is 5.59. The highest BCUT2D eigenvalue weighted by Crippen LogP contribution is 2.19. The first-order chi connectivity index (χ1) is 8.24. The van der Waals surface area contributed by atoms with E-state index in [0.29, 0.717) is 5.89 Å². The average Bonchev–Trinajstić information content (AvgIpc) is 2.87. The summed E-state index contributed by atoms with van der Waals surface area (Å²) in [6.45, 7) is 2.14. The third-order valence-electron chi connectivity index (χ3n) is 2.40. The monoisotopic (exact) mass is 252 g/mol. The zero-order chi connectivity index (χ0) is 12.3. The molecule has 2 aromatic heterocycles. The second-order valence-corrected chi connectivity index (χ2v) is 4.71. The van der Waals surface area contributed by atoms with E-state index < -0.39 is 0 Å². The molecule has 2 heterocycles. The lowest BCUT2D eigenvalue weighted by Gasteiger charge is -1.92. The molecular weight excluding hydrogens is 236 g/mol. The van der Waals surface area contributed by atoms with Gasteiger partial charge in [0.25, 0.3) is 5.89 Å². The summed E-state index contributed by atoms with van der Waals surface area (Å²) in [6.07, 6.45) is 4.07. The molecule has 0 aromatic carbocycles. The first kappa shape index (κ1) is 12.2. The van der Waals surface area contributed by atoms with Gasteiger partial charge < -0.3 is 4.52 Å². The molecule has 0 aliphatic rings. The lowest BCUT2D eigenvalue weighted by Crippen LogP contribution is -1.94. The maximum absolute atomic E-state index is 5.24. The molecule has 92 valence electrons. The number of rotatable bonds is 5. The normalized spacial score (nSPS) is 11.0. The van der Waals surface area contributed by atoms with Crippen LogP contribution in [0.1, 0.15) is 24.9 Å². The van der Waals surface area contributed by atoms with Crippen molar-refractivity contribution >= 4 is 11.8 Å². The lowest BCUT2D eigenvalue weighted by atomic mass is 10.2. The zero-order valence-electron chi connectivity index (χ0n) is 10.3. The number of nitrogens with zero attached hydrogens (tertiary/aromatic N) is 4. The molecule has 0 saturated heterocycles. The highest BCUT2D eigenvalue weighted by Gasteiger charge is 2.14. The summed E-state index contributed by atoms with van der Waals surface area (Å²) < 4.78 is 7.03. The largest absolute Gasteiger partial charge is 0.332 e. The van der Waals surface area contributed by atoms with Crippen LogP contribution in [-0.2, 0) is 19.2 Å². The molecule has 0 bridgehead atoms. The Kier molecular flexibility index (Phi) is 3.83. The van der Waals surface area contributed by atoms with Gasteiger partial charge >= 0.3 is 0 Å². The number of thioether (sulfide) groups is 1. The lowest BCUT2D eigenvalue weighted by molar-refractivity contribution is 0.421. The highest BCUT2D eigenvalue weighted by atomic mass is 32.2. The van der Waals surface area contributed by atoms with Crippen LogP contribution in [0.5, 0.6) is 0 Å². The van der Waals surface area contributed by atoms with Gasteiger partial charge in [-0.1, -0.05) is 18.5 Å². The van der Waals surface area contributed by atoms with Crippen LogP contribution < -0.4 is 0 Å². The van der Waals surface area contributed by atoms with E-state index in [-0.39, 0.29) is 0 Å². The molecule has 0 radical (unpaired) electrons. The number of aryl methyl sites for hydroxylation is 2. The summed E-state index contributed by atoms with van der Waals surface area (Å²) >= 11 is 1.67. The minimum atomic E-state index is 0.548. The molecule has 0 N–H and O–H groups in total. The van der Waals surface area contributed by atoms with Gasteiger partial charge in [0.05, 0.1) is 11.4 Å². The van der Waals surface area contributed by atoms with E-state index in [9.17, 15) is 0 Å². The Morgan fingerprint density at radius 2 is 2.29 bits per heavy atom. The van der Waals surface area contributed by atoms with Gasteiger partial charge in [0.1, 0.15) is 5.69 Å². The van der Waals surface area contributed by atoms with Crippen LogP contribution in [0.3, 0.4) is 0 Å². The van der Waals surface area contributed by atoms with Gasteiger partial charge in [-0.15, -0.1) is 0 Å². The van der Waals surface area contributed by atoms with Crippen molar-refractivity contribution in [3.8, 4) is 11.6 Å². The van der Waals surface area contributed by atoms with Crippen molar-refractivity contribution in [2.45, 2.75) is 25.5 Å². The molecule has 5 nitrogen and oxygen atoms in total. The molecule has 6 heteroatoms. The Morgan fingerprint density at radius 1 is 1.47 bits per heavy atom. The molecule has 0 amide bonds. The van der Waals surface area contributed by atoms with E-state index >= 15 is 0 Å². The van der Waals surface area contributed by atoms with E-state index in [1.165, 1.54) is 0 Å². The highest BCUT2D eigenvalue weighted by molar-refractivity contribution is 7.97. The van der Waals surface area contributed by atoms with Gasteiger partial charge in [-0.3, -0.25) is 4.68 Å². The maximum atomic E-state index is 5.24. The standard InChI is InChI=1S/C11H16N4OS/c1-4-5-8-6-9(15(2)13-8)11-12-10(7-17-3)14-16-11/h6H,4-5,7H2,1-3H3. The summed E-state index contributed by atoms with van der Waals surface area (Å²) in [5, 5.41) is 8.35. The fourth-order valence-electron chi connectivity index (χ4n) is 1.65. The van der Waals surface area contributed by atoms with Crippen molar-refractivity contribution in [2.75, 3.05) is 6.26 Å². The molecular formula is C11H16N4OS. The topological polar surface area (TPSA) is 56.7 Å². The summed E-state index contributed by atoms with van der Waals surface area (Å²) in [4.78, 5) is 4.35. The fraction of sp³-hybridized carbons (Fsp3) is 0.545. The van der Waals surface area contributed by atoms with Gasteiger partial charge in [-0.2, -0.15) is 21.8 Å². The van der Waals surface area contributed by atoms with Gasteiger partial charge in [-0.05, 0) is 18.7 Å². The van der Waals surface area contributed by atoms with Crippen molar-refractivity contribution < 1.29 is 4.52 Å². The van der Waals surface area contributed by atoms with Crippen LogP contribution in [0.2, 0.25) is 0 Å². The second kappa shape index (κ2) is 5.35. The Bertz CT molecular complexity index is 491. The van der Waals surface area contributed by atoms with E-state index in [0.717, 1.165) is 35.8 Å². The molecule has 0 aliphatic carbocycles. The molecule has 0 aliphatic heterocycles. The van der Waals surface area contributed by atoms with Crippen LogP contribution in [0.25, 0.3) is 11.6 Å².